The summed E-state index contributed by atoms with van der Waals surface area (Å²) >= 11 is 6.44. The average Bonchev–Trinajstić information content (AvgIpc) is 2.42. The molecule has 0 amide bonds. The molecular weight excluding hydrogens is 379 g/mol. The normalized spacial score (nSPS) is 10.3. The van der Waals surface area contributed by atoms with Gasteiger partial charge in [0.2, 0.25) is 0 Å². The van der Waals surface area contributed by atoms with Crippen LogP contribution in [0, 0.1) is 5.82 Å². The van der Waals surface area contributed by atoms with Gasteiger partial charge in [-0.25, -0.2) is 4.39 Å². The summed E-state index contributed by atoms with van der Waals surface area (Å²) in [6, 6.07) is 9.87. The topological polar surface area (TPSA) is 26.3 Å². The van der Waals surface area contributed by atoms with Crippen LogP contribution in [0.4, 0.5) is 4.39 Å². The van der Waals surface area contributed by atoms with E-state index in [1.807, 2.05) is 0 Å². The number of halogens is 3. The van der Waals surface area contributed by atoms with Crippen LogP contribution in [0.1, 0.15) is 15.9 Å². The lowest BCUT2D eigenvalue weighted by Crippen LogP contribution is -1.98. The van der Waals surface area contributed by atoms with E-state index in [1.54, 1.807) is 30.3 Å². The second-order valence-electron chi connectivity index (χ2n) is 3.80. The summed E-state index contributed by atoms with van der Waals surface area (Å²) < 4.78 is 20.0. The Kier molecular flexibility index (Phi) is 4.71. The van der Waals surface area contributed by atoms with Crippen molar-refractivity contribution in [2.45, 2.75) is 6.61 Å². The van der Waals surface area contributed by atoms with Crippen LogP contribution >= 0.6 is 31.9 Å². The van der Waals surface area contributed by atoms with Crippen LogP contribution in [0.15, 0.2) is 45.3 Å². The number of ether oxygens (including phenoxy) is 1. The molecule has 2 rings (SSSR count). The fourth-order valence-electron chi connectivity index (χ4n) is 1.52. The number of carbonyl (C=O) groups is 1. The molecule has 0 heterocycles. The maximum atomic E-state index is 13.3. The van der Waals surface area contributed by atoms with Crippen LogP contribution < -0.4 is 4.74 Å². The highest BCUT2D eigenvalue weighted by molar-refractivity contribution is 9.10. The lowest BCUT2D eigenvalue weighted by Gasteiger charge is -2.09. The number of aldehydes is 1. The Bertz CT molecular complexity index is 614. The molecule has 0 aromatic heterocycles. The van der Waals surface area contributed by atoms with Crippen LogP contribution in [-0.2, 0) is 6.61 Å². The van der Waals surface area contributed by atoms with Crippen LogP contribution in [0.2, 0.25) is 0 Å². The summed E-state index contributed by atoms with van der Waals surface area (Å²) in [6.07, 6.45) is 0.745. The maximum Gasteiger partial charge on any atom is 0.151 e. The van der Waals surface area contributed by atoms with Crippen molar-refractivity contribution in [3.63, 3.8) is 0 Å². The van der Waals surface area contributed by atoms with Gasteiger partial charge in [0, 0.05) is 15.6 Å². The monoisotopic (exact) mass is 386 g/mol. The Morgan fingerprint density at radius 3 is 2.74 bits per heavy atom. The minimum absolute atomic E-state index is 0.221. The Hall–Kier alpha value is -1.20. The summed E-state index contributed by atoms with van der Waals surface area (Å²) in [7, 11) is 0. The Labute approximate surface area is 126 Å². The molecule has 2 nitrogen and oxygen atoms in total. The molecule has 0 N–H and O–H groups in total. The summed E-state index contributed by atoms with van der Waals surface area (Å²) in [5, 5.41) is 0. The van der Waals surface area contributed by atoms with Gasteiger partial charge in [-0.3, -0.25) is 4.79 Å². The SMILES string of the molecule is O=Cc1cc(OCc2cccc(F)c2Br)ccc1Br. The fraction of sp³-hybridized carbons (Fsp3) is 0.0714. The molecule has 0 fully saturated rings. The molecule has 0 atom stereocenters. The summed E-state index contributed by atoms with van der Waals surface area (Å²) in [4.78, 5) is 10.8. The molecule has 2 aromatic carbocycles. The number of hydrogen-bond acceptors (Lipinski definition) is 2. The van der Waals surface area contributed by atoms with E-state index in [0.29, 0.717) is 25.8 Å². The lowest BCUT2D eigenvalue weighted by atomic mass is 10.2. The van der Waals surface area contributed by atoms with E-state index in [0.717, 1.165) is 6.29 Å². The molecule has 0 unspecified atom stereocenters. The molecular formula is C14H9Br2FO2. The van der Waals surface area contributed by atoms with Crippen LogP contribution in [0.3, 0.4) is 0 Å². The van der Waals surface area contributed by atoms with E-state index in [-0.39, 0.29) is 12.4 Å². The van der Waals surface area contributed by atoms with Gasteiger partial charge in [0.15, 0.2) is 6.29 Å². The molecule has 0 saturated heterocycles. The van der Waals surface area contributed by atoms with Crippen molar-refractivity contribution in [1.29, 1.82) is 0 Å². The first-order valence-electron chi connectivity index (χ1n) is 5.42. The third-order valence-electron chi connectivity index (χ3n) is 2.52. The first kappa shape index (κ1) is 14.2. The fourth-order valence-corrected chi connectivity index (χ4v) is 2.24. The van der Waals surface area contributed by atoms with E-state index >= 15 is 0 Å². The maximum absolute atomic E-state index is 13.3. The zero-order chi connectivity index (χ0) is 13.8. The quantitative estimate of drug-likeness (QED) is 0.708. The van der Waals surface area contributed by atoms with Gasteiger partial charge in [0.05, 0.1) is 4.47 Å². The molecule has 0 bridgehead atoms. The first-order valence-corrected chi connectivity index (χ1v) is 7.01. The van der Waals surface area contributed by atoms with Gasteiger partial charge in [-0.2, -0.15) is 0 Å². The van der Waals surface area contributed by atoms with Gasteiger partial charge in [0.1, 0.15) is 18.2 Å². The minimum Gasteiger partial charge on any atom is -0.489 e. The lowest BCUT2D eigenvalue weighted by molar-refractivity contribution is 0.112. The van der Waals surface area contributed by atoms with Gasteiger partial charge >= 0.3 is 0 Å². The molecule has 0 aliphatic carbocycles. The number of carbonyl (C=O) groups excluding carboxylic acids is 1. The molecule has 98 valence electrons. The molecule has 0 aliphatic heterocycles. The van der Waals surface area contributed by atoms with Gasteiger partial charge in [-0.1, -0.05) is 28.1 Å². The van der Waals surface area contributed by atoms with E-state index in [9.17, 15) is 9.18 Å². The molecule has 19 heavy (non-hydrogen) atoms. The van der Waals surface area contributed by atoms with Crippen molar-refractivity contribution in [3.05, 3.63) is 62.3 Å². The van der Waals surface area contributed by atoms with Crippen LogP contribution in [0.5, 0.6) is 5.75 Å². The summed E-state index contributed by atoms with van der Waals surface area (Å²) in [5.74, 6) is 0.229. The second kappa shape index (κ2) is 6.30. The predicted octanol–water partition coefficient (Wildman–Crippen LogP) is 4.74. The number of rotatable bonds is 4. The van der Waals surface area contributed by atoms with E-state index in [2.05, 4.69) is 31.9 Å². The third kappa shape index (κ3) is 3.42. The molecule has 0 spiro atoms. The largest absolute Gasteiger partial charge is 0.489 e. The van der Waals surface area contributed by atoms with Crippen molar-refractivity contribution < 1.29 is 13.9 Å². The summed E-state index contributed by atoms with van der Waals surface area (Å²) in [6.45, 7) is 0.221. The van der Waals surface area contributed by atoms with Gasteiger partial charge in [0.25, 0.3) is 0 Å². The predicted molar refractivity (Wildman–Crippen MR) is 78.0 cm³/mol. The van der Waals surface area contributed by atoms with Crippen molar-refractivity contribution in [2.75, 3.05) is 0 Å². The number of hydrogen-bond donors (Lipinski definition) is 0. The van der Waals surface area contributed by atoms with Gasteiger partial charge < -0.3 is 4.74 Å². The van der Waals surface area contributed by atoms with Crippen molar-refractivity contribution >= 4 is 38.1 Å². The molecule has 2 aromatic rings. The van der Waals surface area contributed by atoms with Crippen LogP contribution in [0.25, 0.3) is 0 Å². The van der Waals surface area contributed by atoms with Crippen LogP contribution in [-0.4, -0.2) is 6.29 Å². The highest BCUT2D eigenvalue weighted by Crippen LogP contribution is 2.24. The van der Waals surface area contributed by atoms with Crippen molar-refractivity contribution in [2.24, 2.45) is 0 Å². The Morgan fingerprint density at radius 1 is 1.21 bits per heavy atom. The molecule has 5 heteroatoms. The Balaban J connectivity index is 2.14. The highest BCUT2D eigenvalue weighted by atomic mass is 79.9. The van der Waals surface area contributed by atoms with Crippen molar-refractivity contribution in [1.82, 2.24) is 0 Å². The average molecular weight is 388 g/mol. The van der Waals surface area contributed by atoms with E-state index in [1.165, 1.54) is 6.07 Å². The van der Waals surface area contributed by atoms with Gasteiger partial charge in [-0.05, 0) is 40.2 Å². The second-order valence-corrected chi connectivity index (χ2v) is 5.45. The van der Waals surface area contributed by atoms with Crippen molar-refractivity contribution in [3.8, 4) is 5.75 Å². The standard InChI is InChI=1S/C14H9Br2FO2/c15-12-5-4-11(6-10(12)7-18)19-8-9-2-1-3-13(17)14(9)16/h1-7H,8H2. The smallest absolute Gasteiger partial charge is 0.151 e. The summed E-state index contributed by atoms with van der Waals surface area (Å²) in [5.41, 5.74) is 1.21. The first-order chi connectivity index (χ1) is 9.11. The Morgan fingerprint density at radius 2 is 2.00 bits per heavy atom. The van der Waals surface area contributed by atoms with E-state index in [4.69, 9.17) is 4.74 Å². The van der Waals surface area contributed by atoms with Gasteiger partial charge in [-0.15, -0.1) is 0 Å². The zero-order valence-corrected chi connectivity index (χ0v) is 12.9. The third-order valence-corrected chi connectivity index (χ3v) is 4.13. The molecule has 0 radical (unpaired) electrons. The highest BCUT2D eigenvalue weighted by Gasteiger charge is 2.07. The van der Waals surface area contributed by atoms with E-state index < -0.39 is 0 Å². The molecule has 0 saturated carbocycles. The molecule has 0 aliphatic rings. The number of benzene rings is 2. The minimum atomic E-state index is -0.328. The zero-order valence-electron chi connectivity index (χ0n) is 9.70.